The van der Waals surface area contributed by atoms with Crippen LogP contribution < -0.4 is 5.32 Å². The van der Waals surface area contributed by atoms with Gasteiger partial charge in [0.1, 0.15) is 0 Å². The summed E-state index contributed by atoms with van der Waals surface area (Å²) in [6.07, 6.45) is 8.32. The Morgan fingerprint density at radius 2 is 1.95 bits per heavy atom. The lowest BCUT2D eigenvalue weighted by molar-refractivity contribution is -0.141. The zero-order valence-electron chi connectivity index (χ0n) is 13.0. The molecule has 3 fully saturated rings. The highest BCUT2D eigenvalue weighted by atomic mass is 16.2. The summed E-state index contributed by atoms with van der Waals surface area (Å²) in [4.78, 5) is 28.2. The van der Waals surface area contributed by atoms with E-state index in [-0.39, 0.29) is 18.4 Å². The number of hydrogen-bond donors (Lipinski definition) is 1. The highest BCUT2D eigenvalue weighted by Crippen LogP contribution is 2.29. The Morgan fingerprint density at radius 3 is 2.67 bits per heavy atom. The van der Waals surface area contributed by atoms with E-state index in [0.29, 0.717) is 24.5 Å². The van der Waals surface area contributed by atoms with E-state index in [4.69, 9.17) is 0 Å². The summed E-state index contributed by atoms with van der Waals surface area (Å²) < 4.78 is 0. The molecule has 3 heterocycles. The lowest BCUT2D eigenvalue weighted by atomic mass is 9.98. The van der Waals surface area contributed by atoms with Crippen molar-refractivity contribution in [2.45, 2.75) is 69.5 Å². The van der Waals surface area contributed by atoms with Crippen LogP contribution in [0.1, 0.15) is 51.4 Å². The van der Waals surface area contributed by atoms with E-state index in [1.54, 1.807) is 4.90 Å². The van der Waals surface area contributed by atoms with Gasteiger partial charge >= 0.3 is 0 Å². The molecular formula is C16H27N3O2. The highest BCUT2D eigenvalue weighted by Gasteiger charge is 2.36. The van der Waals surface area contributed by atoms with Crippen LogP contribution >= 0.6 is 0 Å². The number of likely N-dealkylation sites (tertiary alicyclic amines) is 1. The third-order valence-corrected chi connectivity index (χ3v) is 5.39. The number of likely N-dealkylation sites (N-methyl/N-ethyl adjacent to an activating group) is 1. The van der Waals surface area contributed by atoms with E-state index in [9.17, 15) is 9.59 Å². The molecule has 0 aromatic rings. The Hall–Kier alpha value is -1.10. The van der Waals surface area contributed by atoms with Crippen LogP contribution in [0.4, 0.5) is 0 Å². The first kappa shape index (κ1) is 14.8. The molecule has 0 spiro atoms. The zero-order chi connectivity index (χ0) is 14.8. The van der Waals surface area contributed by atoms with Crippen LogP contribution in [0.25, 0.3) is 0 Å². The first-order valence-electron chi connectivity index (χ1n) is 8.43. The fourth-order valence-electron chi connectivity index (χ4n) is 4.03. The average molecular weight is 293 g/mol. The van der Waals surface area contributed by atoms with E-state index in [0.717, 1.165) is 38.6 Å². The SMILES string of the molecule is CN(C(=O)CN1CCCCCC1=O)C1CC2CCC(C1)N2. The molecule has 3 saturated heterocycles. The quantitative estimate of drug-likeness (QED) is 0.849. The molecule has 21 heavy (non-hydrogen) atoms. The summed E-state index contributed by atoms with van der Waals surface area (Å²) in [5, 5.41) is 3.61. The van der Waals surface area contributed by atoms with Gasteiger partial charge in [-0.3, -0.25) is 9.59 Å². The van der Waals surface area contributed by atoms with Crippen molar-refractivity contribution < 1.29 is 9.59 Å². The van der Waals surface area contributed by atoms with E-state index in [1.807, 2.05) is 11.9 Å². The number of amides is 2. The average Bonchev–Trinajstić information content (AvgIpc) is 2.68. The van der Waals surface area contributed by atoms with Crippen LogP contribution in [0.3, 0.4) is 0 Å². The summed E-state index contributed by atoms with van der Waals surface area (Å²) in [6.45, 7) is 1.02. The molecule has 2 amide bonds. The summed E-state index contributed by atoms with van der Waals surface area (Å²) in [6, 6.07) is 1.52. The van der Waals surface area contributed by atoms with Gasteiger partial charge in [0.15, 0.2) is 0 Å². The first-order valence-corrected chi connectivity index (χ1v) is 8.43. The molecule has 2 atom stereocenters. The van der Waals surface area contributed by atoms with Crippen molar-refractivity contribution in [3.8, 4) is 0 Å². The van der Waals surface area contributed by atoms with E-state index in [2.05, 4.69) is 5.32 Å². The summed E-state index contributed by atoms with van der Waals surface area (Å²) in [7, 11) is 1.92. The smallest absolute Gasteiger partial charge is 0.242 e. The standard InChI is InChI=1S/C16H27N3O2/c1-18(14-9-12-6-7-13(10-14)17-12)16(21)11-19-8-4-2-3-5-15(19)20/h12-14,17H,2-11H2,1H3. The molecule has 3 aliphatic rings. The Balaban J connectivity index is 1.55. The molecule has 0 aliphatic carbocycles. The summed E-state index contributed by atoms with van der Waals surface area (Å²) in [5.41, 5.74) is 0. The van der Waals surface area contributed by atoms with Crippen LogP contribution in [-0.2, 0) is 9.59 Å². The molecule has 3 rings (SSSR count). The third-order valence-electron chi connectivity index (χ3n) is 5.39. The number of fused-ring (bicyclic) bond motifs is 2. The van der Waals surface area contributed by atoms with Gasteiger partial charge in [-0.15, -0.1) is 0 Å². The molecular weight excluding hydrogens is 266 g/mol. The van der Waals surface area contributed by atoms with Gasteiger partial charge in [0.05, 0.1) is 6.54 Å². The lowest BCUT2D eigenvalue weighted by Gasteiger charge is -2.36. The fourth-order valence-corrected chi connectivity index (χ4v) is 4.03. The van der Waals surface area contributed by atoms with Crippen LogP contribution in [0.5, 0.6) is 0 Å². The maximum Gasteiger partial charge on any atom is 0.242 e. The number of carbonyl (C=O) groups excluding carboxylic acids is 2. The van der Waals surface area contributed by atoms with E-state index >= 15 is 0 Å². The van der Waals surface area contributed by atoms with Gasteiger partial charge in [-0.05, 0) is 38.5 Å². The molecule has 3 aliphatic heterocycles. The monoisotopic (exact) mass is 293 g/mol. The van der Waals surface area contributed by atoms with Crippen molar-refractivity contribution in [3.05, 3.63) is 0 Å². The number of piperidine rings is 1. The van der Waals surface area contributed by atoms with Crippen LogP contribution in [0, 0.1) is 0 Å². The predicted octanol–water partition coefficient (Wildman–Crippen LogP) is 1.13. The topological polar surface area (TPSA) is 52.7 Å². The molecule has 1 N–H and O–H groups in total. The second-order valence-corrected chi connectivity index (χ2v) is 6.89. The Morgan fingerprint density at radius 1 is 1.24 bits per heavy atom. The van der Waals surface area contributed by atoms with Gasteiger partial charge < -0.3 is 15.1 Å². The van der Waals surface area contributed by atoms with Crippen LogP contribution in [0.15, 0.2) is 0 Å². The molecule has 0 saturated carbocycles. The molecule has 2 bridgehead atoms. The van der Waals surface area contributed by atoms with Crippen LogP contribution in [-0.4, -0.2) is 59.9 Å². The maximum atomic E-state index is 12.5. The number of carbonyl (C=O) groups is 2. The normalized spacial score (nSPS) is 32.9. The minimum Gasteiger partial charge on any atom is -0.341 e. The lowest BCUT2D eigenvalue weighted by Crippen LogP contribution is -2.51. The van der Waals surface area contributed by atoms with Crippen molar-refractivity contribution >= 4 is 11.8 Å². The fraction of sp³-hybridized carbons (Fsp3) is 0.875. The molecule has 0 radical (unpaired) electrons. The van der Waals surface area contributed by atoms with E-state index < -0.39 is 0 Å². The molecule has 0 aromatic heterocycles. The first-order chi connectivity index (χ1) is 10.1. The Labute approximate surface area is 127 Å². The van der Waals surface area contributed by atoms with Crippen molar-refractivity contribution in [1.29, 1.82) is 0 Å². The molecule has 5 heteroatoms. The number of nitrogens with zero attached hydrogens (tertiary/aromatic N) is 2. The van der Waals surface area contributed by atoms with Gasteiger partial charge in [0, 0.05) is 38.1 Å². The minimum atomic E-state index is 0.108. The van der Waals surface area contributed by atoms with Crippen LogP contribution in [0.2, 0.25) is 0 Å². The largest absolute Gasteiger partial charge is 0.341 e. The third kappa shape index (κ3) is 3.39. The highest BCUT2D eigenvalue weighted by molar-refractivity contribution is 5.85. The van der Waals surface area contributed by atoms with E-state index in [1.165, 1.54) is 12.8 Å². The number of hydrogen-bond acceptors (Lipinski definition) is 3. The minimum absolute atomic E-state index is 0.108. The molecule has 0 aromatic carbocycles. The Bertz CT molecular complexity index is 400. The van der Waals surface area contributed by atoms with Crippen molar-refractivity contribution in [2.75, 3.05) is 20.1 Å². The second-order valence-electron chi connectivity index (χ2n) is 6.89. The van der Waals surface area contributed by atoms with Gasteiger partial charge in [-0.1, -0.05) is 6.42 Å². The molecule has 2 unspecified atom stereocenters. The van der Waals surface area contributed by atoms with Crippen molar-refractivity contribution in [2.24, 2.45) is 0 Å². The van der Waals surface area contributed by atoms with Gasteiger partial charge in [-0.25, -0.2) is 0 Å². The maximum absolute atomic E-state index is 12.5. The van der Waals surface area contributed by atoms with Crippen molar-refractivity contribution in [3.63, 3.8) is 0 Å². The molecule has 5 nitrogen and oxygen atoms in total. The number of rotatable bonds is 3. The second kappa shape index (κ2) is 6.34. The predicted molar refractivity (Wildman–Crippen MR) is 80.8 cm³/mol. The van der Waals surface area contributed by atoms with Gasteiger partial charge in [-0.2, -0.15) is 0 Å². The van der Waals surface area contributed by atoms with Crippen molar-refractivity contribution in [1.82, 2.24) is 15.1 Å². The molecule has 118 valence electrons. The Kier molecular flexibility index (Phi) is 4.48. The van der Waals surface area contributed by atoms with Gasteiger partial charge in [0.25, 0.3) is 0 Å². The van der Waals surface area contributed by atoms with Gasteiger partial charge in [0.2, 0.25) is 11.8 Å². The number of nitrogens with one attached hydrogen (secondary N) is 1. The summed E-state index contributed by atoms with van der Waals surface area (Å²) >= 11 is 0. The zero-order valence-corrected chi connectivity index (χ0v) is 13.0. The summed E-state index contributed by atoms with van der Waals surface area (Å²) in [5.74, 6) is 0.260.